The van der Waals surface area contributed by atoms with Gasteiger partial charge in [-0.05, 0) is 54.4 Å². The lowest BCUT2D eigenvalue weighted by molar-refractivity contribution is -0.122. The molecule has 124 valence electrons. The molecule has 5 heteroatoms. The lowest BCUT2D eigenvalue weighted by atomic mass is 10.1. The van der Waals surface area contributed by atoms with Gasteiger partial charge in [-0.15, -0.1) is 0 Å². The molecule has 3 aromatic rings. The first-order valence-electron chi connectivity index (χ1n) is 7.89. The molecule has 3 rings (SSSR count). The summed E-state index contributed by atoms with van der Waals surface area (Å²) in [5, 5.41) is 9.50. The van der Waals surface area contributed by atoms with Gasteiger partial charge in [0.15, 0.2) is 0 Å². The van der Waals surface area contributed by atoms with E-state index in [9.17, 15) is 4.79 Å². The van der Waals surface area contributed by atoms with E-state index in [2.05, 4.69) is 16.5 Å². The molecule has 0 atom stereocenters. The number of ether oxygens (including phenoxy) is 1. The number of amides is 1. The monoisotopic (exact) mass is 323 g/mol. The number of hydrogen-bond donors (Lipinski definition) is 1. The molecule has 0 aliphatic heterocycles. The number of fused-ring (bicyclic) bond motifs is 1. The van der Waals surface area contributed by atoms with E-state index < -0.39 is 0 Å². The van der Waals surface area contributed by atoms with Crippen molar-refractivity contribution in [2.75, 3.05) is 7.11 Å². The molecule has 24 heavy (non-hydrogen) atoms. The van der Waals surface area contributed by atoms with Crippen LogP contribution in [0.2, 0.25) is 0 Å². The number of carbonyl (C=O) groups excluding carboxylic acids is 1. The van der Waals surface area contributed by atoms with Gasteiger partial charge in [0, 0.05) is 12.2 Å². The summed E-state index contributed by atoms with van der Waals surface area (Å²) >= 11 is 0. The zero-order chi connectivity index (χ0) is 17.1. The first-order valence-corrected chi connectivity index (χ1v) is 7.89. The Morgan fingerprint density at radius 1 is 1.12 bits per heavy atom. The summed E-state index contributed by atoms with van der Waals surface area (Å²) in [5.41, 5.74) is 2.97. The zero-order valence-corrected chi connectivity index (χ0v) is 14.2. The third-order valence-corrected chi connectivity index (χ3v) is 4.00. The highest BCUT2D eigenvalue weighted by Gasteiger charge is 2.07. The third-order valence-electron chi connectivity index (χ3n) is 4.00. The standard InChI is InChI=1S/C19H21N3O2/c1-13-8-14(2)22(21-13)12-19(23)20-11-15-4-5-17-10-18(24-3)7-6-16(17)9-15/h4-10H,11-12H2,1-3H3,(H,20,23). The number of hydrogen-bond acceptors (Lipinski definition) is 3. The molecule has 2 aromatic carbocycles. The second kappa shape index (κ2) is 6.74. The van der Waals surface area contributed by atoms with Crippen molar-refractivity contribution in [3.8, 4) is 5.75 Å². The van der Waals surface area contributed by atoms with Crippen molar-refractivity contribution in [3.63, 3.8) is 0 Å². The summed E-state index contributed by atoms with van der Waals surface area (Å²) in [7, 11) is 1.66. The Hall–Kier alpha value is -2.82. The summed E-state index contributed by atoms with van der Waals surface area (Å²) < 4.78 is 6.95. The molecule has 0 unspecified atom stereocenters. The number of methoxy groups -OCH3 is 1. The zero-order valence-electron chi connectivity index (χ0n) is 14.2. The second-order valence-electron chi connectivity index (χ2n) is 5.91. The van der Waals surface area contributed by atoms with Crippen LogP contribution < -0.4 is 10.1 Å². The highest BCUT2D eigenvalue weighted by Crippen LogP contribution is 2.21. The maximum atomic E-state index is 12.1. The van der Waals surface area contributed by atoms with Crippen LogP contribution in [0, 0.1) is 13.8 Å². The average molecular weight is 323 g/mol. The molecule has 0 radical (unpaired) electrons. The Morgan fingerprint density at radius 3 is 2.58 bits per heavy atom. The summed E-state index contributed by atoms with van der Waals surface area (Å²) in [5.74, 6) is 0.796. The van der Waals surface area contributed by atoms with Crippen molar-refractivity contribution >= 4 is 16.7 Å². The van der Waals surface area contributed by atoms with Gasteiger partial charge in [0.05, 0.1) is 12.8 Å². The fourth-order valence-electron chi connectivity index (χ4n) is 2.74. The quantitative estimate of drug-likeness (QED) is 0.785. The molecule has 1 heterocycles. The molecule has 0 aliphatic carbocycles. The van der Waals surface area contributed by atoms with Crippen molar-refractivity contribution in [1.29, 1.82) is 0 Å². The van der Waals surface area contributed by atoms with Crippen molar-refractivity contribution in [1.82, 2.24) is 15.1 Å². The van der Waals surface area contributed by atoms with Crippen molar-refractivity contribution in [3.05, 3.63) is 59.4 Å². The predicted octanol–water partition coefficient (Wildman–Crippen LogP) is 2.98. The third kappa shape index (κ3) is 3.56. The molecule has 0 saturated heterocycles. The largest absolute Gasteiger partial charge is 0.497 e. The van der Waals surface area contributed by atoms with Crippen LogP contribution in [-0.2, 0) is 17.9 Å². The van der Waals surface area contributed by atoms with Crippen LogP contribution in [-0.4, -0.2) is 22.8 Å². The van der Waals surface area contributed by atoms with Crippen molar-refractivity contribution in [2.24, 2.45) is 0 Å². The van der Waals surface area contributed by atoms with Crippen LogP contribution in [0.15, 0.2) is 42.5 Å². The van der Waals surface area contributed by atoms with Gasteiger partial charge in [-0.2, -0.15) is 5.10 Å². The molecular formula is C19H21N3O2. The summed E-state index contributed by atoms with van der Waals surface area (Å²) in [6.45, 7) is 4.61. The SMILES string of the molecule is COc1ccc2cc(CNC(=O)Cn3nc(C)cc3C)ccc2c1. The van der Waals surface area contributed by atoms with Gasteiger partial charge in [0.25, 0.3) is 0 Å². The lowest BCUT2D eigenvalue weighted by Crippen LogP contribution is -2.27. The maximum Gasteiger partial charge on any atom is 0.242 e. The Morgan fingerprint density at radius 2 is 1.88 bits per heavy atom. The minimum absolute atomic E-state index is 0.0453. The van der Waals surface area contributed by atoms with Gasteiger partial charge in [-0.3, -0.25) is 9.48 Å². The van der Waals surface area contributed by atoms with Gasteiger partial charge < -0.3 is 10.1 Å². The van der Waals surface area contributed by atoms with Gasteiger partial charge in [0.2, 0.25) is 5.91 Å². The molecular weight excluding hydrogens is 302 g/mol. The van der Waals surface area contributed by atoms with E-state index in [1.54, 1.807) is 11.8 Å². The van der Waals surface area contributed by atoms with E-state index in [0.717, 1.165) is 33.5 Å². The van der Waals surface area contributed by atoms with Crippen LogP contribution >= 0.6 is 0 Å². The normalized spacial score (nSPS) is 10.8. The van der Waals surface area contributed by atoms with E-state index in [1.165, 1.54) is 0 Å². The number of rotatable bonds is 5. The minimum Gasteiger partial charge on any atom is -0.497 e. The second-order valence-corrected chi connectivity index (χ2v) is 5.91. The average Bonchev–Trinajstić information content (AvgIpc) is 2.89. The van der Waals surface area contributed by atoms with E-state index >= 15 is 0 Å². The molecule has 0 spiro atoms. The minimum atomic E-state index is -0.0453. The summed E-state index contributed by atoms with van der Waals surface area (Å²) in [4.78, 5) is 12.1. The number of aromatic nitrogens is 2. The van der Waals surface area contributed by atoms with Crippen molar-refractivity contribution in [2.45, 2.75) is 26.9 Å². The molecule has 1 N–H and O–H groups in total. The summed E-state index contributed by atoms with van der Waals surface area (Å²) in [6.07, 6.45) is 0. The number of nitrogens with one attached hydrogen (secondary N) is 1. The van der Waals surface area contributed by atoms with Gasteiger partial charge in [-0.25, -0.2) is 0 Å². The highest BCUT2D eigenvalue weighted by atomic mass is 16.5. The maximum absolute atomic E-state index is 12.1. The van der Waals surface area contributed by atoms with Crippen LogP contribution in [0.5, 0.6) is 5.75 Å². The molecule has 5 nitrogen and oxygen atoms in total. The number of aryl methyl sites for hydroxylation is 2. The molecule has 0 bridgehead atoms. The molecule has 0 aliphatic rings. The Kier molecular flexibility index (Phi) is 4.51. The van der Waals surface area contributed by atoms with Gasteiger partial charge >= 0.3 is 0 Å². The van der Waals surface area contributed by atoms with E-state index in [4.69, 9.17) is 4.74 Å². The summed E-state index contributed by atoms with van der Waals surface area (Å²) in [6, 6.07) is 14.1. The van der Waals surface area contributed by atoms with Crippen LogP contribution in [0.1, 0.15) is 17.0 Å². The van der Waals surface area contributed by atoms with Crippen LogP contribution in [0.25, 0.3) is 10.8 Å². The van der Waals surface area contributed by atoms with Crippen LogP contribution in [0.3, 0.4) is 0 Å². The lowest BCUT2D eigenvalue weighted by Gasteiger charge is -2.08. The predicted molar refractivity (Wildman–Crippen MR) is 94.0 cm³/mol. The molecule has 1 amide bonds. The fraction of sp³-hybridized carbons (Fsp3) is 0.263. The smallest absolute Gasteiger partial charge is 0.242 e. The Bertz CT molecular complexity index is 883. The number of nitrogens with zero attached hydrogens (tertiary/aromatic N) is 2. The van der Waals surface area contributed by atoms with Gasteiger partial charge in [0.1, 0.15) is 12.3 Å². The van der Waals surface area contributed by atoms with E-state index in [0.29, 0.717) is 6.54 Å². The topological polar surface area (TPSA) is 56.1 Å². The number of carbonyl (C=O) groups is 1. The first kappa shape index (κ1) is 16.1. The molecule has 0 fully saturated rings. The molecule has 0 saturated carbocycles. The Labute approximate surface area is 141 Å². The van der Waals surface area contributed by atoms with Crippen LogP contribution in [0.4, 0.5) is 0 Å². The number of benzene rings is 2. The Balaban J connectivity index is 1.64. The van der Waals surface area contributed by atoms with E-state index in [1.807, 2.05) is 50.2 Å². The first-order chi connectivity index (χ1) is 11.5. The highest BCUT2D eigenvalue weighted by molar-refractivity contribution is 5.84. The molecule has 1 aromatic heterocycles. The van der Waals surface area contributed by atoms with Gasteiger partial charge in [-0.1, -0.05) is 18.2 Å². The van der Waals surface area contributed by atoms with E-state index in [-0.39, 0.29) is 12.5 Å². The fourth-order valence-corrected chi connectivity index (χ4v) is 2.74. The van der Waals surface area contributed by atoms with Crippen molar-refractivity contribution < 1.29 is 9.53 Å².